The number of thiocarbonyl (C=S) groups is 1. The van der Waals surface area contributed by atoms with Gasteiger partial charge in [0.25, 0.3) is 0 Å². The molecule has 0 N–H and O–H groups in total. The molecule has 0 bridgehead atoms. The van der Waals surface area contributed by atoms with Crippen LogP contribution in [0.3, 0.4) is 0 Å². The molecule has 0 saturated carbocycles. The molecule has 0 radical (unpaired) electrons. The Labute approximate surface area is 157 Å². The van der Waals surface area contributed by atoms with E-state index in [0.717, 1.165) is 18.7 Å². The van der Waals surface area contributed by atoms with Crippen LogP contribution in [0.4, 0.5) is 0 Å². The van der Waals surface area contributed by atoms with Crippen LogP contribution in [0.2, 0.25) is 0 Å². The van der Waals surface area contributed by atoms with Crippen LogP contribution < -0.4 is 0 Å². The van der Waals surface area contributed by atoms with Gasteiger partial charge in [-0.1, -0.05) is 36.1 Å². The Morgan fingerprint density at radius 3 is 2.48 bits per heavy atom. The summed E-state index contributed by atoms with van der Waals surface area (Å²) >= 11 is 6.85. The summed E-state index contributed by atoms with van der Waals surface area (Å²) in [5.74, 6) is 0.686. The minimum absolute atomic E-state index is 0.350. The number of sulfonamides is 1. The first-order valence-corrected chi connectivity index (χ1v) is 10.7. The van der Waals surface area contributed by atoms with Crippen LogP contribution in [-0.4, -0.2) is 64.7 Å². The summed E-state index contributed by atoms with van der Waals surface area (Å²) in [6, 6.07) is 7.08. The molecule has 25 heavy (non-hydrogen) atoms. The molecule has 134 valence electrons. The molecule has 0 spiro atoms. The van der Waals surface area contributed by atoms with Crippen molar-refractivity contribution in [3.05, 3.63) is 48.5 Å². The molecule has 1 aliphatic rings. The van der Waals surface area contributed by atoms with Crippen molar-refractivity contribution in [2.45, 2.75) is 10.6 Å². The van der Waals surface area contributed by atoms with Crippen LogP contribution in [0.25, 0.3) is 0 Å². The molecule has 1 fully saturated rings. The third-order valence-electron chi connectivity index (χ3n) is 4.10. The first-order chi connectivity index (χ1) is 12.0. The van der Waals surface area contributed by atoms with E-state index in [-0.39, 0.29) is 0 Å². The van der Waals surface area contributed by atoms with Crippen molar-refractivity contribution < 1.29 is 8.42 Å². The van der Waals surface area contributed by atoms with Gasteiger partial charge in [-0.05, 0) is 24.7 Å². The summed E-state index contributed by atoms with van der Waals surface area (Å²) < 4.78 is 29.5. The zero-order valence-electron chi connectivity index (χ0n) is 13.9. The maximum absolute atomic E-state index is 12.7. The number of hydrogen-bond acceptors (Lipinski definition) is 6. The summed E-state index contributed by atoms with van der Waals surface area (Å²) in [5.41, 5.74) is 1.03. The average Bonchev–Trinajstić information content (AvgIpc) is 3.15. The topological polar surface area (TPSA) is 58.4 Å². The predicted molar refractivity (Wildman–Crippen MR) is 104 cm³/mol. The quantitative estimate of drug-likeness (QED) is 0.736. The molecule has 6 nitrogen and oxygen atoms in total. The van der Waals surface area contributed by atoms with Gasteiger partial charge >= 0.3 is 0 Å². The van der Waals surface area contributed by atoms with E-state index in [1.54, 1.807) is 39.7 Å². The van der Waals surface area contributed by atoms with Crippen LogP contribution in [0.15, 0.2) is 47.9 Å². The molecule has 0 unspecified atom stereocenters. The van der Waals surface area contributed by atoms with Crippen LogP contribution in [0, 0.1) is 0 Å². The van der Waals surface area contributed by atoms with E-state index in [0.29, 0.717) is 28.1 Å². The van der Waals surface area contributed by atoms with Crippen molar-refractivity contribution in [1.29, 1.82) is 0 Å². The number of thioether (sulfide) groups is 1. The van der Waals surface area contributed by atoms with Gasteiger partial charge in [-0.3, -0.25) is 4.57 Å². The lowest BCUT2D eigenvalue weighted by molar-refractivity contribution is 0.222. The number of imidazole rings is 1. The Hall–Kier alpha value is -1.26. The fourth-order valence-corrected chi connectivity index (χ4v) is 4.97. The third kappa shape index (κ3) is 4.48. The Morgan fingerprint density at radius 2 is 1.88 bits per heavy atom. The number of aromatic nitrogens is 2. The summed E-state index contributed by atoms with van der Waals surface area (Å²) in [6.45, 7) is 2.60. The molecular formula is C16H20N4O2S3. The van der Waals surface area contributed by atoms with Gasteiger partial charge in [0.15, 0.2) is 0 Å². The molecule has 3 rings (SSSR count). The monoisotopic (exact) mass is 396 g/mol. The van der Waals surface area contributed by atoms with Crippen molar-refractivity contribution in [1.82, 2.24) is 18.8 Å². The SMILES string of the molecule is CN1CCN(S(=O)(=O)c2ccc(CSC(=S)n3ccnc3)cc2)CC1. The second-order valence-electron chi connectivity index (χ2n) is 5.88. The summed E-state index contributed by atoms with van der Waals surface area (Å²) in [4.78, 5) is 6.46. The number of rotatable bonds is 4. The van der Waals surface area contributed by atoms with E-state index in [1.165, 1.54) is 11.8 Å². The second-order valence-corrected chi connectivity index (χ2v) is 9.42. The van der Waals surface area contributed by atoms with Gasteiger partial charge < -0.3 is 4.90 Å². The highest BCUT2D eigenvalue weighted by Gasteiger charge is 2.27. The van der Waals surface area contributed by atoms with Crippen molar-refractivity contribution in [2.75, 3.05) is 33.2 Å². The second kappa shape index (κ2) is 7.96. The highest BCUT2D eigenvalue weighted by atomic mass is 32.2. The fourth-order valence-electron chi connectivity index (χ4n) is 2.52. The van der Waals surface area contributed by atoms with Crippen molar-refractivity contribution >= 4 is 38.3 Å². The summed E-state index contributed by atoms with van der Waals surface area (Å²) in [7, 11) is -1.40. The van der Waals surface area contributed by atoms with Crippen LogP contribution in [0.1, 0.15) is 5.56 Å². The highest BCUT2D eigenvalue weighted by molar-refractivity contribution is 8.22. The minimum Gasteiger partial charge on any atom is -0.304 e. The standard InChI is InChI=1S/C16H20N4O2S3/c1-18-8-10-20(11-9-18)25(21,22)15-4-2-14(3-5-15)12-24-16(23)19-7-6-17-13-19/h2-7,13H,8-12H2,1H3. The van der Waals surface area contributed by atoms with Gasteiger partial charge in [-0.25, -0.2) is 13.4 Å². The van der Waals surface area contributed by atoms with Gasteiger partial charge in [-0.15, -0.1) is 0 Å². The molecular weight excluding hydrogens is 376 g/mol. The zero-order valence-corrected chi connectivity index (χ0v) is 16.4. The lowest BCUT2D eigenvalue weighted by Crippen LogP contribution is -2.46. The molecule has 0 amide bonds. The number of likely N-dealkylation sites (N-methyl/N-ethyl adjacent to an activating group) is 1. The van der Waals surface area contributed by atoms with E-state index in [4.69, 9.17) is 12.2 Å². The van der Waals surface area contributed by atoms with Crippen LogP contribution in [0.5, 0.6) is 0 Å². The minimum atomic E-state index is -3.41. The normalized spacial score (nSPS) is 16.8. The number of hydrogen-bond donors (Lipinski definition) is 0. The van der Waals surface area contributed by atoms with Gasteiger partial charge in [0, 0.05) is 44.3 Å². The van der Waals surface area contributed by atoms with E-state index in [1.807, 2.05) is 19.2 Å². The predicted octanol–water partition coefficient (Wildman–Crippen LogP) is 1.89. The summed E-state index contributed by atoms with van der Waals surface area (Å²) in [6.07, 6.45) is 5.16. The van der Waals surface area contributed by atoms with Crippen molar-refractivity contribution in [3.8, 4) is 0 Å². The highest BCUT2D eigenvalue weighted by Crippen LogP contribution is 2.21. The first-order valence-electron chi connectivity index (χ1n) is 7.89. The Bertz CT molecular complexity index is 812. The molecule has 1 aromatic carbocycles. The van der Waals surface area contributed by atoms with Crippen molar-refractivity contribution in [2.24, 2.45) is 0 Å². The van der Waals surface area contributed by atoms with E-state index >= 15 is 0 Å². The van der Waals surface area contributed by atoms with E-state index < -0.39 is 10.0 Å². The van der Waals surface area contributed by atoms with Crippen molar-refractivity contribution in [3.63, 3.8) is 0 Å². The molecule has 2 aromatic rings. The van der Waals surface area contributed by atoms with E-state index in [2.05, 4.69) is 9.88 Å². The molecule has 1 aromatic heterocycles. The van der Waals surface area contributed by atoms with Crippen LogP contribution in [-0.2, 0) is 15.8 Å². The molecule has 0 atom stereocenters. The van der Waals surface area contributed by atoms with Gasteiger partial charge in [0.05, 0.1) is 4.90 Å². The van der Waals surface area contributed by atoms with Gasteiger partial charge in [0.2, 0.25) is 10.0 Å². The summed E-state index contributed by atoms with van der Waals surface area (Å²) in [5, 5.41) is 0. The fraction of sp³-hybridized carbons (Fsp3) is 0.375. The Kier molecular flexibility index (Phi) is 5.90. The molecule has 9 heteroatoms. The lowest BCUT2D eigenvalue weighted by Gasteiger charge is -2.31. The largest absolute Gasteiger partial charge is 0.304 e. The van der Waals surface area contributed by atoms with E-state index in [9.17, 15) is 8.42 Å². The molecule has 1 aliphatic heterocycles. The van der Waals surface area contributed by atoms with Crippen LogP contribution >= 0.6 is 24.0 Å². The first kappa shape index (κ1) is 18.5. The van der Waals surface area contributed by atoms with Gasteiger partial charge in [0.1, 0.15) is 10.6 Å². The average molecular weight is 397 g/mol. The van der Waals surface area contributed by atoms with Gasteiger partial charge in [-0.2, -0.15) is 4.31 Å². The Morgan fingerprint density at radius 1 is 1.20 bits per heavy atom. The molecule has 2 heterocycles. The lowest BCUT2D eigenvalue weighted by atomic mass is 10.2. The third-order valence-corrected chi connectivity index (χ3v) is 7.51. The number of nitrogens with zero attached hydrogens (tertiary/aromatic N) is 4. The number of piperazine rings is 1. The maximum Gasteiger partial charge on any atom is 0.243 e. The zero-order chi connectivity index (χ0) is 17.9. The number of benzene rings is 1. The maximum atomic E-state index is 12.7. The Balaban J connectivity index is 1.62. The smallest absolute Gasteiger partial charge is 0.243 e. The molecule has 1 saturated heterocycles. The molecule has 0 aliphatic carbocycles.